The van der Waals surface area contributed by atoms with Crippen LogP contribution in [-0.4, -0.2) is 56.8 Å². The van der Waals surface area contributed by atoms with Gasteiger partial charge in [-0.1, -0.05) is 121 Å². The van der Waals surface area contributed by atoms with E-state index in [1.807, 2.05) is 30.1 Å². The molecule has 4 heterocycles. The minimum atomic E-state index is -6.09. The maximum Gasteiger partial charge on any atom is 3.00 e. The topological polar surface area (TPSA) is 131 Å². The van der Waals surface area contributed by atoms with Crippen molar-refractivity contribution in [2.75, 3.05) is 13.6 Å². The number of halogens is 3. The van der Waals surface area contributed by atoms with E-state index in [1.165, 1.54) is 89.9 Å². The molecule has 4 rings (SSSR count). The Hall–Kier alpha value is -2.65. The molecular weight excluding hydrogens is 816 g/mol. The Bertz CT molecular complexity index is 1280. The number of alkyl halides is 3. The number of rotatable bonds is 17. The Kier molecular flexibility index (Phi) is 21.3. The molecule has 3 aromatic heterocycles. The molecule has 0 N–H and O–H groups in total. The number of imidazole rings is 2. The van der Waals surface area contributed by atoms with E-state index in [2.05, 4.69) is 55.8 Å². The number of nitrogens with zero attached hydrogens (tertiary/aromatic N) is 7. The molecule has 264 valence electrons. The molecule has 0 atom stereocenters. The summed E-state index contributed by atoms with van der Waals surface area (Å²) in [5, 5.41) is 0. The van der Waals surface area contributed by atoms with Gasteiger partial charge < -0.3 is 34.3 Å². The predicted molar refractivity (Wildman–Crippen MR) is 170 cm³/mol. The van der Waals surface area contributed by atoms with Gasteiger partial charge in [0.05, 0.1) is 11.4 Å². The van der Waals surface area contributed by atoms with Crippen LogP contribution in [0.4, 0.5) is 13.2 Å². The average molecular weight is 862 g/mol. The van der Waals surface area contributed by atoms with Crippen LogP contribution in [0.2, 0.25) is 0 Å². The molecule has 0 amide bonds. The van der Waals surface area contributed by atoms with Crippen molar-refractivity contribution in [2.24, 2.45) is 0 Å². The normalized spacial score (nSPS) is 12.6. The first-order chi connectivity index (χ1) is 22.0. The molecule has 0 spiro atoms. The summed E-state index contributed by atoms with van der Waals surface area (Å²) >= 11 is 0. The van der Waals surface area contributed by atoms with E-state index >= 15 is 0 Å². The first-order valence-corrected chi connectivity index (χ1v) is 17.2. The van der Waals surface area contributed by atoms with Crippen molar-refractivity contribution in [1.29, 1.82) is 0 Å². The molecule has 10 nitrogen and oxygen atoms in total. The summed E-state index contributed by atoms with van der Waals surface area (Å²) < 4.78 is 58.9. The minimum absolute atomic E-state index is 0. The fraction of sp³-hybridized carbons (Fsp3) is 0.562. The van der Waals surface area contributed by atoms with Crippen LogP contribution in [0.15, 0.2) is 55.4 Å². The fourth-order valence-corrected chi connectivity index (χ4v) is 4.48. The average Bonchev–Trinajstić information content (AvgIpc) is 3.81. The molecule has 1 aliphatic heterocycles. The molecule has 0 aromatic carbocycles. The number of pyridine rings is 1. The third kappa shape index (κ3) is 18.5. The summed E-state index contributed by atoms with van der Waals surface area (Å²) in [7, 11) is -4.06. The molecule has 0 aliphatic carbocycles. The zero-order valence-corrected chi connectivity index (χ0v) is 30.0. The standard InChI is InChI=1S/C20H38N2.C11H7N5.CHF3O3S.Au/c1-3-4-5-6-7-8-9-10-11-12-13-14-15-16-17-22-19-18-21(2)20-22;1-2-8(10-12-4-5-13-10)16-9(3-1)11-14-6-7-15-11;2-1(3,4)8(5,6)7;/h18-19H,3-17H2,1-2H3;1-7H;(H,5,6,7);/q;-2;;+3/p-1. The van der Waals surface area contributed by atoms with E-state index in [-0.39, 0.29) is 22.4 Å². The molecule has 0 fully saturated rings. The molecular formula is C32H45AuF3N7O3S. The molecule has 15 heteroatoms. The summed E-state index contributed by atoms with van der Waals surface area (Å²) in [6, 6.07) is 5.62. The van der Waals surface area contributed by atoms with Gasteiger partial charge in [-0.05, 0) is 30.2 Å². The first-order valence-electron chi connectivity index (χ1n) is 15.8. The van der Waals surface area contributed by atoms with Crippen molar-refractivity contribution in [2.45, 2.75) is 102 Å². The van der Waals surface area contributed by atoms with Gasteiger partial charge in [0.25, 0.3) is 0 Å². The third-order valence-electron chi connectivity index (χ3n) is 6.92. The summed E-state index contributed by atoms with van der Waals surface area (Å²) in [4.78, 5) is 24.9. The summed E-state index contributed by atoms with van der Waals surface area (Å²) in [6.45, 7) is 6.67. The SMILES string of the molecule is CCCCCCCCCCCCCCCCN1[C]N(C)C=C1.O=S(=O)([O-])C(F)(F)F.[Au+3].c1cc(-c2ncc[n-]2)nc(-c2ncc[n-]2)c1. The maximum absolute atomic E-state index is 10.7. The van der Waals surface area contributed by atoms with E-state index in [0.717, 1.165) is 17.9 Å². The minimum Gasteiger partial charge on any atom is -0.741 e. The zero-order chi connectivity index (χ0) is 33.7. The van der Waals surface area contributed by atoms with E-state index < -0.39 is 15.6 Å². The monoisotopic (exact) mass is 861 g/mol. The van der Waals surface area contributed by atoms with E-state index in [9.17, 15) is 13.2 Å². The number of aromatic nitrogens is 5. The Balaban J connectivity index is 0.000000385. The van der Waals surface area contributed by atoms with Crippen molar-refractivity contribution >= 4 is 10.1 Å². The Morgan fingerprint density at radius 2 is 1.21 bits per heavy atom. The molecule has 0 saturated heterocycles. The van der Waals surface area contributed by atoms with Crippen molar-refractivity contribution in [3.8, 4) is 23.0 Å². The van der Waals surface area contributed by atoms with Gasteiger partial charge in [-0.15, -0.1) is 0 Å². The van der Waals surface area contributed by atoms with Gasteiger partial charge in [0.2, 0.25) is 6.67 Å². The summed E-state index contributed by atoms with van der Waals surface area (Å²) in [5.74, 6) is 1.24. The van der Waals surface area contributed by atoms with Gasteiger partial charge in [0.15, 0.2) is 10.1 Å². The second kappa shape index (κ2) is 23.6. The molecule has 47 heavy (non-hydrogen) atoms. The molecule has 0 unspecified atom stereocenters. The second-order valence-corrected chi connectivity index (χ2v) is 12.2. The number of hydrogen-bond acceptors (Lipinski definition) is 8. The zero-order valence-electron chi connectivity index (χ0n) is 27.0. The Morgan fingerprint density at radius 3 is 1.55 bits per heavy atom. The maximum atomic E-state index is 10.7. The fourth-order valence-electron chi connectivity index (χ4n) is 4.48. The van der Waals surface area contributed by atoms with Crippen LogP contribution < -0.4 is 9.97 Å². The molecule has 0 bridgehead atoms. The van der Waals surface area contributed by atoms with Crippen molar-refractivity contribution in [3.05, 3.63) is 62.1 Å². The first kappa shape index (κ1) is 42.4. The second-order valence-electron chi connectivity index (χ2n) is 10.9. The molecule has 2 radical (unpaired) electrons. The molecule has 3 aromatic rings. The Morgan fingerprint density at radius 1 is 0.787 bits per heavy atom. The Labute approximate surface area is 293 Å². The van der Waals surface area contributed by atoms with Gasteiger partial charge in [-0.3, -0.25) is 0 Å². The van der Waals surface area contributed by atoms with Crippen LogP contribution in [0.1, 0.15) is 96.8 Å². The molecule has 0 saturated carbocycles. The van der Waals surface area contributed by atoms with Gasteiger partial charge in [-0.25, -0.2) is 13.4 Å². The summed E-state index contributed by atoms with van der Waals surface area (Å²) in [5.41, 5.74) is -4.19. The van der Waals surface area contributed by atoms with Crippen LogP contribution >= 0.6 is 0 Å². The quantitative estimate of drug-likeness (QED) is 0.0588. The molecule has 1 aliphatic rings. The smallest absolute Gasteiger partial charge is 0.741 e. The van der Waals surface area contributed by atoms with Crippen molar-refractivity contribution < 1.29 is 48.5 Å². The number of hydrogen-bond donors (Lipinski definition) is 0. The van der Waals surface area contributed by atoms with Gasteiger partial charge in [-0.2, -0.15) is 13.2 Å². The van der Waals surface area contributed by atoms with Crippen LogP contribution in [0.3, 0.4) is 0 Å². The van der Waals surface area contributed by atoms with Crippen LogP contribution in [0.5, 0.6) is 0 Å². The van der Waals surface area contributed by atoms with Crippen LogP contribution in [-0.2, 0) is 32.5 Å². The van der Waals surface area contributed by atoms with Crippen LogP contribution in [0.25, 0.3) is 23.0 Å². The van der Waals surface area contributed by atoms with Gasteiger partial charge >= 0.3 is 27.9 Å². The van der Waals surface area contributed by atoms with Gasteiger partial charge in [0, 0.05) is 26.0 Å². The third-order valence-corrected chi connectivity index (χ3v) is 7.49. The van der Waals surface area contributed by atoms with E-state index in [4.69, 9.17) is 13.0 Å². The van der Waals surface area contributed by atoms with E-state index in [1.54, 1.807) is 24.8 Å². The van der Waals surface area contributed by atoms with Crippen molar-refractivity contribution in [1.82, 2.24) is 34.7 Å². The van der Waals surface area contributed by atoms with Crippen molar-refractivity contribution in [3.63, 3.8) is 0 Å². The number of unbranched alkanes of at least 4 members (excludes halogenated alkanes) is 13. The predicted octanol–water partition coefficient (Wildman–Crippen LogP) is 7.35. The summed E-state index contributed by atoms with van der Waals surface area (Å²) in [6.07, 6.45) is 30.7. The largest absolute Gasteiger partial charge is 3.00 e. The van der Waals surface area contributed by atoms with Crippen LogP contribution in [0, 0.1) is 6.67 Å². The van der Waals surface area contributed by atoms with E-state index in [0.29, 0.717) is 11.6 Å². The van der Waals surface area contributed by atoms with Gasteiger partial charge in [0.1, 0.15) is 0 Å².